The lowest BCUT2D eigenvalue weighted by molar-refractivity contribution is -0.170. The Morgan fingerprint density at radius 2 is 1.55 bits per heavy atom. The first-order valence-corrected chi connectivity index (χ1v) is 20.7. The first-order chi connectivity index (χ1) is 27.3. The maximum Gasteiger partial charge on any atom is 0.329 e. The van der Waals surface area contributed by atoms with E-state index in [1.54, 1.807) is 25.8 Å². The lowest BCUT2D eigenvalue weighted by Gasteiger charge is -2.40. The number of nitrogens with one attached hydrogen (secondary N) is 1. The number of carbonyl (C=O) groups is 6. The van der Waals surface area contributed by atoms with Crippen LogP contribution in [0.1, 0.15) is 86.6 Å². The number of methoxy groups -OCH3 is 2. The van der Waals surface area contributed by atoms with E-state index in [4.69, 9.17) is 14.2 Å². The molecular formula is C44H69N5O9. The third kappa shape index (κ3) is 11.5. The van der Waals surface area contributed by atoms with E-state index < -0.39 is 66.1 Å². The molecule has 0 spiro atoms. The molecule has 0 bridgehead atoms. The maximum atomic E-state index is 14.2. The Kier molecular flexibility index (Phi) is 17.9. The molecule has 2 heterocycles. The predicted molar refractivity (Wildman–Crippen MR) is 221 cm³/mol. The van der Waals surface area contributed by atoms with Crippen molar-refractivity contribution >= 4 is 35.5 Å². The van der Waals surface area contributed by atoms with Gasteiger partial charge in [0.25, 0.3) is 11.8 Å². The highest BCUT2D eigenvalue weighted by atomic mass is 16.6. The lowest BCUT2D eigenvalue weighted by atomic mass is 9.89. The minimum atomic E-state index is -1.29. The number of carbonyl (C=O) groups excluding carboxylic acids is 6. The van der Waals surface area contributed by atoms with Crippen molar-refractivity contribution in [1.29, 1.82) is 0 Å². The Bertz CT molecular complexity index is 1600. The molecule has 0 aliphatic carbocycles. The molecule has 1 aromatic carbocycles. The van der Waals surface area contributed by atoms with E-state index in [-0.39, 0.29) is 41.9 Å². The summed E-state index contributed by atoms with van der Waals surface area (Å²) in [4.78, 5) is 89.2. The fraction of sp³-hybridized carbons (Fsp3) is 0.682. The number of likely N-dealkylation sites (tertiary alicyclic amines) is 1. The van der Waals surface area contributed by atoms with Crippen LogP contribution in [0.2, 0.25) is 0 Å². The number of hydrogen-bond acceptors (Lipinski definition) is 10. The Morgan fingerprint density at radius 3 is 2.07 bits per heavy atom. The quantitative estimate of drug-likeness (QED) is 0.191. The second-order valence-corrected chi connectivity index (χ2v) is 17.0. The average Bonchev–Trinajstić information content (AvgIpc) is 3.79. The third-order valence-corrected chi connectivity index (χ3v) is 11.6. The van der Waals surface area contributed by atoms with Gasteiger partial charge in [0.2, 0.25) is 17.7 Å². The SMILES string of the molecule is CC[C@H](C)[C@@H]([C@@H](CC(=O)N1CCC[C@H]1C(=O)O[C@H](C(=O)N1C(=O)C=C(OC)[C@@H]1Cc1ccccc1)C(C)C)OC)N(C)C(=O)[C@@H](NC(=O)[C@H](C(C)C)N(C)C)C(C)C. The fourth-order valence-corrected chi connectivity index (χ4v) is 8.30. The van der Waals surface area contributed by atoms with E-state index in [9.17, 15) is 28.8 Å². The number of ether oxygens (including phenoxy) is 3. The number of likely N-dealkylation sites (N-methyl/N-ethyl adjacent to an activating group) is 2. The van der Waals surface area contributed by atoms with Gasteiger partial charge in [0, 0.05) is 33.2 Å². The van der Waals surface area contributed by atoms with Crippen LogP contribution in [0.3, 0.4) is 0 Å². The minimum absolute atomic E-state index is 0.0174. The van der Waals surface area contributed by atoms with E-state index in [1.807, 2.05) is 90.9 Å². The number of rotatable bonds is 20. The van der Waals surface area contributed by atoms with Crippen molar-refractivity contribution in [3.05, 3.63) is 47.7 Å². The summed E-state index contributed by atoms with van der Waals surface area (Å²) in [5, 5.41) is 3.01. The van der Waals surface area contributed by atoms with E-state index in [0.29, 0.717) is 38.0 Å². The molecule has 0 saturated carbocycles. The summed E-state index contributed by atoms with van der Waals surface area (Å²) in [6.45, 7) is 15.5. The topological polar surface area (TPSA) is 155 Å². The Hall–Kier alpha value is -4.30. The summed E-state index contributed by atoms with van der Waals surface area (Å²) < 4.78 is 17.4. The van der Waals surface area contributed by atoms with E-state index in [2.05, 4.69) is 5.32 Å². The van der Waals surface area contributed by atoms with Crippen molar-refractivity contribution in [3.63, 3.8) is 0 Å². The van der Waals surface area contributed by atoms with Crippen molar-refractivity contribution < 1.29 is 43.0 Å². The summed E-state index contributed by atoms with van der Waals surface area (Å²) in [7, 11) is 8.30. The standard InChI is InChI=1S/C44H69N5O9/c1-14-29(8)39(47(11)42(53)37(26(2)3)45-41(52)38(27(4)5)46(9)10)34(57-13)25-35(50)48-22-18-21-31(48)44(55)58-40(28(6)7)43(54)49-32(33(56-12)24-36(49)51)23-30-19-16-15-17-20-30/h15-17,19-20,24,26-29,31-32,34,37-40H,14,18,21-23,25H2,1-13H3,(H,45,52)/t29-,31-,32-,34+,37-,38-,39-,40-/m0/s1. The fourth-order valence-electron chi connectivity index (χ4n) is 8.30. The van der Waals surface area contributed by atoms with Gasteiger partial charge in [-0.1, -0.05) is 92.1 Å². The van der Waals surface area contributed by atoms with Gasteiger partial charge in [0.15, 0.2) is 6.10 Å². The first kappa shape index (κ1) is 48.1. The predicted octanol–water partition coefficient (Wildman–Crippen LogP) is 4.06. The second kappa shape index (κ2) is 21.6. The van der Waals surface area contributed by atoms with Crippen molar-refractivity contribution in [2.24, 2.45) is 23.7 Å². The number of hydrogen-bond donors (Lipinski definition) is 1. The maximum absolute atomic E-state index is 14.2. The molecule has 0 radical (unpaired) electrons. The molecule has 1 N–H and O–H groups in total. The van der Waals surface area contributed by atoms with Gasteiger partial charge in [-0.05, 0) is 56.2 Å². The third-order valence-electron chi connectivity index (χ3n) is 11.6. The number of imide groups is 1. The smallest absolute Gasteiger partial charge is 0.329 e. The normalized spacial score (nSPS) is 20.2. The molecule has 8 atom stereocenters. The van der Waals surface area contributed by atoms with Gasteiger partial charge < -0.3 is 29.3 Å². The van der Waals surface area contributed by atoms with Crippen LogP contribution in [-0.4, -0.2) is 139 Å². The van der Waals surface area contributed by atoms with Gasteiger partial charge in [0.05, 0.1) is 31.7 Å². The molecular weight excluding hydrogens is 743 g/mol. The minimum Gasteiger partial charge on any atom is -0.499 e. The number of nitrogens with zero attached hydrogens (tertiary/aromatic N) is 4. The summed E-state index contributed by atoms with van der Waals surface area (Å²) >= 11 is 0. The number of benzene rings is 1. The molecule has 14 nitrogen and oxygen atoms in total. The molecule has 3 rings (SSSR count). The average molecular weight is 812 g/mol. The zero-order chi connectivity index (χ0) is 43.6. The highest BCUT2D eigenvalue weighted by molar-refractivity contribution is 6.06. The zero-order valence-corrected chi connectivity index (χ0v) is 37.0. The first-order valence-electron chi connectivity index (χ1n) is 20.7. The molecule has 1 aromatic rings. The summed E-state index contributed by atoms with van der Waals surface area (Å²) in [5.74, 6) is -3.24. The van der Waals surface area contributed by atoms with Crippen LogP contribution in [-0.2, 0) is 49.4 Å². The molecule has 5 amide bonds. The van der Waals surface area contributed by atoms with Gasteiger partial charge in [-0.2, -0.15) is 0 Å². The highest BCUT2D eigenvalue weighted by Crippen LogP contribution is 2.30. The van der Waals surface area contributed by atoms with Gasteiger partial charge in [-0.3, -0.25) is 33.8 Å². The molecule has 58 heavy (non-hydrogen) atoms. The van der Waals surface area contributed by atoms with E-state index >= 15 is 0 Å². The molecule has 1 fully saturated rings. The van der Waals surface area contributed by atoms with Crippen molar-refractivity contribution in [2.75, 3.05) is 41.9 Å². The molecule has 14 heteroatoms. The second-order valence-electron chi connectivity index (χ2n) is 17.0. The van der Waals surface area contributed by atoms with Crippen LogP contribution in [0.4, 0.5) is 0 Å². The van der Waals surface area contributed by atoms with Crippen molar-refractivity contribution in [3.8, 4) is 0 Å². The molecule has 2 aliphatic heterocycles. The Balaban J connectivity index is 1.81. The monoisotopic (exact) mass is 812 g/mol. The van der Waals surface area contributed by atoms with Crippen LogP contribution in [0.5, 0.6) is 0 Å². The molecule has 1 saturated heterocycles. The molecule has 0 unspecified atom stereocenters. The summed E-state index contributed by atoms with van der Waals surface area (Å²) in [6, 6.07) is 5.98. The van der Waals surface area contributed by atoms with Crippen LogP contribution in [0.25, 0.3) is 0 Å². The lowest BCUT2D eigenvalue weighted by Crippen LogP contribution is -2.59. The van der Waals surface area contributed by atoms with Crippen molar-refractivity contribution in [1.82, 2.24) is 24.9 Å². The van der Waals surface area contributed by atoms with Gasteiger partial charge >= 0.3 is 5.97 Å². The summed E-state index contributed by atoms with van der Waals surface area (Å²) in [6.07, 6.45) is 1.02. The van der Waals surface area contributed by atoms with E-state index in [1.165, 1.54) is 25.2 Å². The van der Waals surface area contributed by atoms with Crippen molar-refractivity contribution in [2.45, 2.75) is 130 Å². The largest absolute Gasteiger partial charge is 0.499 e. The Labute approximate surface area is 345 Å². The summed E-state index contributed by atoms with van der Waals surface area (Å²) in [5.41, 5.74) is 0.896. The molecule has 0 aromatic heterocycles. The highest BCUT2D eigenvalue weighted by Gasteiger charge is 2.46. The number of amides is 5. The van der Waals surface area contributed by atoms with E-state index in [0.717, 1.165) is 10.5 Å². The van der Waals surface area contributed by atoms with Gasteiger partial charge in [0.1, 0.15) is 23.9 Å². The van der Waals surface area contributed by atoms with Crippen LogP contribution in [0, 0.1) is 23.7 Å². The van der Waals surface area contributed by atoms with Crippen LogP contribution in [0.15, 0.2) is 42.2 Å². The van der Waals surface area contributed by atoms with Crippen LogP contribution < -0.4 is 5.32 Å². The van der Waals surface area contributed by atoms with Gasteiger partial charge in [-0.15, -0.1) is 0 Å². The van der Waals surface area contributed by atoms with Gasteiger partial charge in [-0.25, -0.2) is 4.79 Å². The molecule has 2 aliphatic rings. The zero-order valence-electron chi connectivity index (χ0n) is 37.0. The van der Waals surface area contributed by atoms with Crippen LogP contribution >= 0.6 is 0 Å². The Morgan fingerprint density at radius 1 is 0.914 bits per heavy atom. The molecule has 324 valence electrons. The number of esters is 1.